The SMILES string of the molecule is C=C1CC[C@H]2C(=O)CCCC(=O)[C@@H]1C2(C)C. The van der Waals surface area contributed by atoms with Crippen molar-refractivity contribution >= 4 is 11.6 Å². The van der Waals surface area contributed by atoms with Crippen LogP contribution in [0, 0.1) is 17.3 Å². The summed E-state index contributed by atoms with van der Waals surface area (Å²) < 4.78 is 0. The van der Waals surface area contributed by atoms with Gasteiger partial charge in [-0.25, -0.2) is 0 Å². The molecule has 2 atom stereocenters. The van der Waals surface area contributed by atoms with Gasteiger partial charge in [-0.3, -0.25) is 9.59 Å². The minimum Gasteiger partial charge on any atom is -0.299 e. The summed E-state index contributed by atoms with van der Waals surface area (Å²) in [6.45, 7) is 8.17. The van der Waals surface area contributed by atoms with Gasteiger partial charge in [0.25, 0.3) is 0 Å². The van der Waals surface area contributed by atoms with Gasteiger partial charge in [-0.05, 0) is 24.7 Å². The summed E-state index contributed by atoms with van der Waals surface area (Å²) in [6.07, 6.45) is 3.59. The Morgan fingerprint density at radius 1 is 1.12 bits per heavy atom. The third-order valence-corrected chi connectivity index (χ3v) is 4.36. The molecule has 0 amide bonds. The van der Waals surface area contributed by atoms with E-state index in [1.165, 1.54) is 0 Å². The maximum atomic E-state index is 12.1. The highest BCUT2D eigenvalue weighted by molar-refractivity contribution is 5.90. The molecule has 2 saturated carbocycles. The van der Waals surface area contributed by atoms with E-state index in [1.54, 1.807) is 0 Å². The Bertz CT molecular complexity index is 352. The molecule has 2 heteroatoms. The molecule has 2 rings (SSSR count). The van der Waals surface area contributed by atoms with Crippen LogP contribution in [0.25, 0.3) is 0 Å². The van der Waals surface area contributed by atoms with E-state index in [0.29, 0.717) is 24.4 Å². The lowest BCUT2D eigenvalue weighted by Crippen LogP contribution is -2.46. The molecule has 2 bridgehead atoms. The van der Waals surface area contributed by atoms with Gasteiger partial charge in [0.2, 0.25) is 0 Å². The average molecular weight is 220 g/mol. The molecule has 0 radical (unpaired) electrons. The molecular formula is C14H20O2. The van der Waals surface area contributed by atoms with Crippen LogP contribution in [-0.4, -0.2) is 11.6 Å². The lowest BCUT2D eigenvalue weighted by atomic mass is 9.56. The van der Waals surface area contributed by atoms with Crippen LogP contribution in [0.5, 0.6) is 0 Å². The Balaban J connectivity index is 2.42. The zero-order chi connectivity index (χ0) is 11.9. The van der Waals surface area contributed by atoms with E-state index in [4.69, 9.17) is 0 Å². The number of hydrogen-bond donors (Lipinski definition) is 0. The predicted octanol–water partition coefficient (Wildman–Crippen LogP) is 2.92. The fraction of sp³-hybridized carbons (Fsp3) is 0.714. The number of hydrogen-bond acceptors (Lipinski definition) is 2. The van der Waals surface area contributed by atoms with E-state index in [2.05, 4.69) is 20.4 Å². The Kier molecular flexibility index (Phi) is 2.77. The third-order valence-electron chi connectivity index (χ3n) is 4.36. The number of allylic oxidation sites excluding steroid dienone is 1. The van der Waals surface area contributed by atoms with Crippen molar-refractivity contribution in [3.63, 3.8) is 0 Å². The molecule has 0 aliphatic heterocycles. The lowest BCUT2D eigenvalue weighted by molar-refractivity contribution is -0.136. The largest absolute Gasteiger partial charge is 0.299 e. The fourth-order valence-electron chi connectivity index (χ4n) is 3.55. The first-order chi connectivity index (χ1) is 7.44. The molecule has 16 heavy (non-hydrogen) atoms. The predicted molar refractivity (Wildman–Crippen MR) is 63.0 cm³/mol. The second-order valence-corrected chi connectivity index (χ2v) is 5.79. The van der Waals surface area contributed by atoms with Crippen LogP contribution in [0.2, 0.25) is 0 Å². The topological polar surface area (TPSA) is 34.1 Å². The van der Waals surface area contributed by atoms with Crippen molar-refractivity contribution in [2.24, 2.45) is 17.3 Å². The third kappa shape index (κ3) is 1.64. The first-order valence-electron chi connectivity index (χ1n) is 6.17. The van der Waals surface area contributed by atoms with E-state index in [1.807, 2.05) is 0 Å². The summed E-state index contributed by atoms with van der Waals surface area (Å²) >= 11 is 0. The van der Waals surface area contributed by atoms with Gasteiger partial charge < -0.3 is 0 Å². The summed E-state index contributed by atoms with van der Waals surface area (Å²) in [5.74, 6) is 0.630. The molecule has 0 heterocycles. The van der Waals surface area contributed by atoms with Gasteiger partial charge in [0, 0.05) is 24.7 Å². The normalized spacial score (nSPS) is 34.5. The van der Waals surface area contributed by atoms with Crippen LogP contribution in [0.15, 0.2) is 12.2 Å². The number of carbonyl (C=O) groups is 2. The van der Waals surface area contributed by atoms with Gasteiger partial charge in [-0.1, -0.05) is 26.0 Å². The second-order valence-electron chi connectivity index (χ2n) is 5.79. The molecule has 2 fully saturated rings. The Morgan fingerprint density at radius 2 is 1.75 bits per heavy atom. The molecule has 0 spiro atoms. The zero-order valence-electron chi connectivity index (χ0n) is 10.2. The van der Waals surface area contributed by atoms with Crippen LogP contribution in [0.3, 0.4) is 0 Å². The average Bonchev–Trinajstić information content (AvgIpc) is 2.15. The van der Waals surface area contributed by atoms with Crippen molar-refractivity contribution in [2.75, 3.05) is 0 Å². The van der Waals surface area contributed by atoms with Gasteiger partial charge in [0.15, 0.2) is 0 Å². The number of fused-ring (bicyclic) bond motifs is 2. The minimum atomic E-state index is -0.218. The van der Waals surface area contributed by atoms with Crippen LogP contribution in [-0.2, 0) is 9.59 Å². The molecule has 0 unspecified atom stereocenters. The van der Waals surface area contributed by atoms with Crippen molar-refractivity contribution in [3.8, 4) is 0 Å². The van der Waals surface area contributed by atoms with Crippen molar-refractivity contribution in [1.29, 1.82) is 0 Å². The van der Waals surface area contributed by atoms with Crippen LogP contribution in [0.4, 0.5) is 0 Å². The first-order valence-corrected chi connectivity index (χ1v) is 6.17. The second kappa shape index (κ2) is 3.83. The maximum absolute atomic E-state index is 12.1. The summed E-state index contributed by atoms with van der Waals surface area (Å²) in [6, 6.07) is 0. The Labute approximate surface area is 97.1 Å². The van der Waals surface area contributed by atoms with Crippen LogP contribution in [0.1, 0.15) is 46.0 Å². The molecule has 2 nitrogen and oxygen atoms in total. The standard InChI is InChI=1S/C14H20O2/c1-9-7-8-10-11(15)5-4-6-12(16)13(9)14(10,2)3/h10,13H,1,4-8H2,2-3H3/t10-,13+/m0/s1. The number of ketones is 2. The molecule has 0 aromatic carbocycles. The van der Waals surface area contributed by atoms with Crippen LogP contribution < -0.4 is 0 Å². The van der Waals surface area contributed by atoms with Gasteiger partial charge in [0.1, 0.15) is 11.6 Å². The van der Waals surface area contributed by atoms with Crippen molar-refractivity contribution < 1.29 is 9.59 Å². The number of carbonyl (C=O) groups excluding carboxylic acids is 2. The van der Waals surface area contributed by atoms with Crippen molar-refractivity contribution in [2.45, 2.75) is 46.0 Å². The van der Waals surface area contributed by atoms with E-state index < -0.39 is 0 Å². The Morgan fingerprint density at radius 3 is 2.44 bits per heavy atom. The fourth-order valence-corrected chi connectivity index (χ4v) is 3.55. The molecule has 2 aliphatic rings. The quantitative estimate of drug-likeness (QED) is 0.588. The minimum absolute atomic E-state index is 0.0623. The molecule has 0 aromatic rings. The van der Waals surface area contributed by atoms with E-state index in [-0.39, 0.29) is 17.3 Å². The molecule has 0 N–H and O–H groups in total. The molecular weight excluding hydrogens is 200 g/mol. The lowest BCUT2D eigenvalue weighted by Gasteiger charge is -2.46. The summed E-state index contributed by atoms with van der Waals surface area (Å²) in [7, 11) is 0. The van der Waals surface area contributed by atoms with E-state index in [0.717, 1.165) is 24.8 Å². The monoisotopic (exact) mass is 220 g/mol. The Hall–Kier alpha value is -0.920. The van der Waals surface area contributed by atoms with Crippen LogP contribution >= 0.6 is 0 Å². The van der Waals surface area contributed by atoms with Gasteiger partial charge >= 0.3 is 0 Å². The number of Topliss-reactive ketones (excluding diaryl/α,β-unsaturated/α-hetero) is 2. The van der Waals surface area contributed by atoms with E-state index in [9.17, 15) is 9.59 Å². The first kappa shape index (κ1) is 11.6. The molecule has 88 valence electrons. The highest BCUT2D eigenvalue weighted by Crippen LogP contribution is 2.49. The smallest absolute Gasteiger partial charge is 0.140 e. The highest BCUT2D eigenvalue weighted by atomic mass is 16.1. The molecule has 0 aromatic heterocycles. The summed E-state index contributed by atoms with van der Waals surface area (Å²) in [5.41, 5.74) is 0.824. The zero-order valence-corrected chi connectivity index (χ0v) is 10.2. The van der Waals surface area contributed by atoms with Crippen molar-refractivity contribution in [3.05, 3.63) is 12.2 Å². The summed E-state index contributed by atoms with van der Waals surface area (Å²) in [4.78, 5) is 24.2. The maximum Gasteiger partial charge on any atom is 0.140 e. The van der Waals surface area contributed by atoms with Gasteiger partial charge in [-0.15, -0.1) is 0 Å². The van der Waals surface area contributed by atoms with Crippen molar-refractivity contribution in [1.82, 2.24) is 0 Å². The summed E-state index contributed by atoms with van der Waals surface area (Å²) in [5, 5.41) is 0. The van der Waals surface area contributed by atoms with Gasteiger partial charge in [0.05, 0.1) is 0 Å². The highest BCUT2D eigenvalue weighted by Gasteiger charge is 2.48. The van der Waals surface area contributed by atoms with E-state index >= 15 is 0 Å². The molecule has 2 aliphatic carbocycles. The molecule has 0 saturated heterocycles. The number of rotatable bonds is 0. The van der Waals surface area contributed by atoms with Gasteiger partial charge in [-0.2, -0.15) is 0 Å².